The number of ether oxygens (including phenoxy) is 1. The van der Waals surface area contributed by atoms with Crippen LogP contribution in [0.3, 0.4) is 0 Å². The predicted octanol–water partition coefficient (Wildman–Crippen LogP) is 3.61. The van der Waals surface area contributed by atoms with E-state index in [9.17, 15) is 9.59 Å². The zero-order chi connectivity index (χ0) is 20.5. The number of piperidine rings is 1. The van der Waals surface area contributed by atoms with Crippen LogP contribution in [0.25, 0.3) is 0 Å². The minimum absolute atomic E-state index is 0.0862. The zero-order valence-electron chi connectivity index (χ0n) is 16.9. The highest BCUT2D eigenvalue weighted by atomic mass is 16.5. The van der Waals surface area contributed by atoms with Gasteiger partial charge in [-0.05, 0) is 30.5 Å². The number of para-hydroxylation sites is 1. The summed E-state index contributed by atoms with van der Waals surface area (Å²) in [6.45, 7) is 2.69. The van der Waals surface area contributed by atoms with Crippen LogP contribution in [0.1, 0.15) is 18.4 Å². The number of anilines is 1. The molecule has 1 saturated heterocycles. The lowest BCUT2D eigenvalue weighted by molar-refractivity contribution is -0.138. The lowest BCUT2D eigenvalue weighted by Gasteiger charge is -2.35. The molecular weight excluding hydrogens is 366 g/mol. The Morgan fingerprint density at radius 1 is 1.10 bits per heavy atom. The van der Waals surface area contributed by atoms with E-state index < -0.39 is 0 Å². The van der Waals surface area contributed by atoms with Crippen molar-refractivity contribution in [3.05, 3.63) is 66.2 Å². The van der Waals surface area contributed by atoms with E-state index in [0.717, 1.165) is 24.1 Å². The third-order valence-corrected chi connectivity index (χ3v) is 5.18. The van der Waals surface area contributed by atoms with Crippen LogP contribution in [0, 0.1) is 5.92 Å². The first-order valence-electron chi connectivity index (χ1n) is 10.1. The van der Waals surface area contributed by atoms with Gasteiger partial charge in [0, 0.05) is 39.0 Å². The maximum absolute atomic E-state index is 13.2. The van der Waals surface area contributed by atoms with Crippen LogP contribution < -0.4 is 5.32 Å². The van der Waals surface area contributed by atoms with E-state index in [0.29, 0.717) is 32.8 Å². The standard InChI is InChI=1S/C23H29N3O3/c1-29-16-15-25(17-19-9-4-2-5-10-19)22(27)20-11-8-14-26(18-20)23(28)24-21-12-6-3-7-13-21/h2-7,9-10,12-13,20H,8,11,14-18H2,1H3,(H,24,28). The third kappa shape index (κ3) is 6.06. The van der Waals surface area contributed by atoms with E-state index in [2.05, 4.69) is 5.32 Å². The molecule has 0 bridgehead atoms. The van der Waals surface area contributed by atoms with Gasteiger partial charge in [-0.25, -0.2) is 4.79 Å². The van der Waals surface area contributed by atoms with Crippen molar-refractivity contribution in [3.63, 3.8) is 0 Å². The molecule has 29 heavy (non-hydrogen) atoms. The van der Waals surface area contributed by atoms with Crippen molar-refractivity contribution >= 4 is 17.6 Å². The molecule has 0 radical (unpaired) electrons. The molecule has 1 aliphatic heterocycles. The fraction of sp³-hybridized carbons (Fsp3) is 0.391. The van der Waals surface area contributed by atoms with E-state index in [4.69, 9.17) is 4.74 Å². The van der Waals surface area contributed by atoms with Gasteiger partial charge in [0.15, 0.2) is 0 Å². The average Bonchev–Trinajstić information content (AvgIpc) is 2.77. The molecule has 0 saturated carbocycles. The zero-order valence-corrected chi connectivity index (χ0v) is 16.9. The molecule has 2 aromatic rings. The van der Waals surface area contributed by atoms with Gasteiger partial charge < -0.3 is 19.9 Å². The number of hydrogen-bond acceptors (Lipinski definition) is 3. The molecule has 154 valence electrons. The molecule has 0 aromatic heterocycles. The maximum Gasteiger partial charge on any atom is 0.321 e. The third-order valence-electron chi connectivity index (χ3n) is 5.18. The molecule has 3 rings (SSSR count). The molecular formula is C23H29N3O3. The SMILES string of the molecule is COCCN(Cc1ccccc1)C(=O)C1CCCN(C(=O)Nc2ccccc2)C1. The summed E-state index contributed by atoms with van der Waals surface area (Å²) < 4.78 is 5.20. The second-order valence-electron chi connectivity index (χ2n) is 7.32. The molecule has 0 spiro atoms. The Hall–Kier alpha value is -2.86. The van der Waals surface area contributed by atoms with Gasteiger partial charge in [-0.1, -0.05) is 48.5 Å². The molecule has 3 amide bonds. The van der Waals surface area contributed by atoms with Crippen LogP contribution in [0.5, 0.6) is 0 Å². The smallest absolute Gasteiger partial charge is 0.321 e. The number of hydrogen-bond donors (Lipinski definition) is 1. The van der Waals surface area contributed by atoms with Gasteiger partial charge in [0.25, 0.3) is 0 Å². The summed E-state index contributed by atoms with van der Waals surface area (Å²) in [6, 6.07) is 19.2. The Balaban J connectivity index is 1.63. The molecule has 2 aromatic carbocycles. The highest BCUT2D eigenvalue weighted by Gasteiger charge is 2.31. The first-order chi connectivity index (χ1) is 14.2. The van der Waals surface area contributed by atoms with Gasteiger partial charge >= 0.3 is 6.03 Å². The first kappa shape index (κ1) is 20.9. The fourth-order valence-electron chi connectivity index (χ4n) is 3.62. The summed E-state index contributed by atoms with van der Waals surface area (Å²) in [5, 5.41) is 2.92. The van der Waals surface area contributed by atoms with Crippen molar-refractivity contribution in [1.82, 2.24) is 9.80 Å². The number of likely N-dealkylation sites (tertiary alicyclic amines) is 1. The summed E-state index contributed by atoms with van der Waals surface area (Å²) in [5.74, 6) is -0.103. The van der Waals surface area contributed by atoms with Crippen LogP contribution in [-0.4, -0.2) is 55.1 Å². The van der Waals surface area contributed by atoms with Gasteiger partial charge in [-0.15, -0.1) is 0 Å². The first-order valence-corrected chi connectivity index (χ1v) is 10.1. The second kappa shape index (κ2) is 10.6. The van der Waals surface area contributed by atoms with Crippen LogP contribution in [-0.2, 0) is 16.1 Å². The van der Waals surface area contributed by atoms with Gasteiger partial charge in [0.05, 0.1) is 12.5 Å². The number of carbonyl (C=O) groups excluding carboxylic acids is 2. The van der Waals surface area contributed by atoms with E-state index >= 15 is 0 Å². The van der Waals surface area contributed by atoms with Crippen LogP contribution >= 0.6 is 0 Å². The van der Waals surface area contributed by atoms with Crippen molar-refractivity contribution in [3.8, 4) is 0 Å². The van der Waals surface area contributed by atoms with E-state index in [1.807, 2.05) is 65.6 Å². The lowest BCUT2D eigenvalue weighted by Crippen LogP contribution is -2.48. The highest BCUT2D eigenvalue weighted by molar-refractivity contribution is 5.90. The Kier molecular flexibility index (Phi) is 7.64. The van der Waals surface area contributed by atoms with E-state index in [-0.39, 0.29) is 17.9 Å². The van der Waals surface area contributed by atoms with Crippen LogP contribution in [0.4, 0.5) is 10.5 Å². The molecule has 0 aliphatic carbocycles. The highest BCUT2D eigenvalue weighted by Crippen LogP contribution is 2.21. The molecule has 6 nitrogen and oxygen atoms in total. The van der Waals surface area contributed by atoms with Gasteiger partial charge in [0.1, 0.15) is 0 Å². The number of amides is 3. The summed E-state index contributed by atoms with van der Waals surface area (Å²) in [5.41, 5.74) is 1.85. The summed E-state index contributed by atoms with van der Waals surface area (Å²) in [4.78, 5) is 29.5. The van der Waals surface area contributed by atoms with Crippen molar-refractivity contribution in [2.45, 2.75) is 19.4 Å². The number of urea groups is 1. The Morgan fingerprint density at radius 2 is 1.79 bits per heavy atom. The summed E-state index contributed by atoms with van der Waals surface area (Å²) in [6.07, 6.45) is 1.62. The van der Waals surface area contributed by atoms with Crippen molar-refractivity contribution in [2.75, 3.05) is 38.7 Å². The predicted molar refractivity (Wildman–Crippen MR) is 113 cm³/mol. The fourth-order valence-corrected chi connectivity index (χ4v) is 3.62. The number of carbonyl (C=O) groups is 2. The normalized spacial score (nSPS) is 16.3. The number of benzene rings is 2. The molecule has 6 heteroatoms. The minimum Gasteiger partial charge on any atom is -0.383 e. The Morgan fingerprint density at radius 3 is 2.48 bits per heavy atom. The quantitative estimate of drug-likeness (QED) is 0.779. The molecule has 1 fully saturated rings. The van der Waals surface area contributed by atoms with Crippen molar-refractivity contribution in [2.24, 2.45) is 5.92 Å². The van der Waals surface area contributed by atoms with Crippen molar-refractivity contribution in [1.29, 1.82) is 0 Å². The minimum atomic E-state index is -0.189. The summed E-state index contributed by atoms with van der Waals surface area (Å²) >= 11 is 0. The second-order valence-corrected chi connectivity index (χ2v) is 7.32. The van der Waals surface area contributed by atoms with Gasteiger partial charge in [-0.2, -0.15) is 0 Å². The molecule has 1 N–H and O–H groups in total. The molecule has 1 unspecified atom stereocenters. The van der Waals surface area contributed by atoms with Gasteiger partial charge in [0.2, 0.25) is 5.91 Å². The van der Waals surface area contributed by atoms with E-state index in [1.54, 1.807) is 12.0 Å². The monoisotopic (exact) mass is 395 g/mol. The molecule has 1 atom stereocenters. The number of methoxy groups -OCH3 is 1. The van der Waals surface area contributed by atoms with Crippen LogP contribution in [0.15, 0.2) is 60.7 Å². The van der Waals surface area contributed by atoms with Crippen LogP contribution in [0.2, 0.25) is 0 Å². The van der Waals surface area contributed by atoms with Gasteiger partial charge in [-0.3, -0.25) is 4.79 Å². The molecule has 1 aliphatic rings. The number of rotatable bonds is 7. The number of nitrogens with one attached hydrogen (secondary N) is 1. The summed E-state index contributed by atoms with van der Waals surface area (Å²) in [7, 11) is 1.64. The van der Waals surface area contributed by atoms with E-state index in [1.165, 1.54) is 0 Å². The van der Waals surface area contributed by atoms with Crippen molar-refractivity contribution < 1.29 is 14.3 Å². The number of nitrogens with zero attached hydrogens (tertiary/aromatic N) is 2. The lowest BCUT2D eigenvalue weighted by atomic mass is 9.96. The average molecular weight is 396 g/mol. The topological polar surface area (TPSA) is 61.9 Å². The Bertz CT molecular complexity index is 782. The Labute approximate surface area is 172 Å². The molecule has 1 heterocycles. The maximum atomic E-state index is 13.2. The largest absolute Gasteiger partial charge is 0.383 e.